The van der Waals surface area contributed by atoms with E-state index in [9.17, 15) is 5.11 Å². The number of hydrogen-bond acceptors (Lipinski definition) is 2. The van der Waals surface area contributed by atoms with E-state index in [1.165, 1.54) is 0 Å². The first-order chi connectivity index (χ1) is 6.52. The summed E-state index contributed by atoms with van der Waals surface area (Å²) >= 11 is 3.31. The standard InChI is InChI=1S/C11H14BrNO/c1-10(2)6-11(10,7-14)8-3-4-9(12)13-5-8/h3-5,14H,6-7H2,1-2H3. The van der Waals surface area contributed by atoms with Crippen LogP contribution in [0.5, 0.6) is 0 Å². The predicted octanol–water partition coefficient (Wildman–Crippen LogP) is 2.50. The molecule has 1 aliphatic rings. The smallest absolute Gasteiger partial charge is 0.106 e. The van der Waals surface area contributed by atoms with Gasteiger partial charge in [0.25, 0.3) is 0 Å². The van der Waals surface area contributed by atoms with Gasteiger partial charge >= 0.3 is 0 Å². The maximum Gasteiger partial charge on any atom is 0.106 e. The number of rotatable bonds is 2. The fraction of sp³-hybridized carbons (Fsp3) is 0.545. The van der Waals surface area contributed by atoms with Crippen LogP contribution in [0.25, 0.3) is 0 Å². The first-order valence-electron chi connectivity index (χ1n) is 4.75. The van der Waals surface area contributed by atoms with Crippen molar-refractivity contribution in [3.8, 4) is 0 Å². The molecule has 0 aliphatic heterocycles. The van der Waals surface area contributed by atoms with E-state index in [-0.39, 0.29) is 17.4 Å². The summed E-state index contributed by atoms with van der Waals surface area (Å²) in [7, 11) is 0. The molecule has 0 amide bonds. The fourth-order valence-corrected chi connectivity index (χ4v) is 2.46. The molecule has 0 aromatic carbocycles. The Hall–Kier alpha value is -0.410. The summed E-state index contributed by atoms with van der Waals surface area (Å²) in [5, 5.41) is 9.48. The monoisotopic (exact) mass is 255 g/mol. The van der Waals surface area contributed by atoms with Crippen molar-refractivity contribution in [1.82, 2.24) is 4.98 Å². The highest BCUT2D eigenvalue weighted by Gasteiger charge is 2.61. The zero-order valence-corrected chi connectivity index (χ0v) is 10.0. The minimum atomic E-state index is -0.0549. The molecule has 1 heterocycles. The molecule has 1 atom stereocenters. The lowest BCUT2D eigenvalue weighted by atomic mass is 9.90. The van der Waals surface area contributed by atoms with Gasteiger partial charge in [-0.1, -0.05) is 19.9 Å². The van der Waals surface area contributed by atoms with Gasteiger partial charge in [-0.25, -0.2) is 4.98 Å². The molecule has 1 aromatic rings. The molecule has 1 saturated carbocycles. The number of aliphatic hydroxyl groups is 1. The predicted molar refractivity (Wildman–Crippen MR) is 59.1 cm³/mol. The van der Waals surface area contributed by atoms with Crippen LogP contribution in [-0.2, 0) is 5.41 Å². The molecule has 3 heteroatoms. The van der Waals surface area contributed by atoms with Crippen LogP contribution in [0.4, 0.5) is 0 Å². The van der Waals surface area contributed by atoms with Crippen molar-refractivity contribution >= 4 is 15.9 Å². The Bertz CT molecular complexity index is 347. The minimum absolute atomic E-state index is 0.0549. The zero-order chi connectivity index (χ0) is 10.4. The van der Waals surface area contributed by atoms with Gasteiger partial charge in [0.1, 0.15) is 4.60 Å². The number of pyridine rings is 1. The Kier molecular flexibility index (Phi) is 2.20. The van der Waals surface area contributed by atoms with Crippen LogP contribution in [-0.4, -0.2) is 16.7 Å². The minimum Gasteiger partial charge on any atom is -0.395 e. The zero-order valence-electron chi connectivity index (χ0n) is 8.42. The van der Waals surface area contributed by atoms with E-state index in [2.05, 4.69) is 34.8 Å². The molecule has 1 fully saturated rings. The number of aromatic nitrogens is 1. The molecule has 0 saturated heterocycles. The average molecular weight is 256 g/mol. The molecule has 2 rings (SSSR count). The van der Waals surface area contributed by atoms with Gasteiger partial charge in [0.05, 0.1) is 6.61 Å². The van der Waals surface area contributed by atoms with Crippen LogP contribution in [0.15, 0.2) is 22.9 Å². The van der Waals surface area contributed by atoms with Crippen LogP contribution in [0.2, 0.25) is 0 Å². The third-order valence-electron chi connectivity index (χ3n) is 3.46. The third-order valence-corrected chi connectivity index (χ3v) is 3.93. The van der Waals surface area contributed by atoms with E-state index >= 15 is 0 Å². The van der Waals surface area contributed by atoms with Crippen molar-refractivity contribution in [3.05, 3.63) is 28.5 Å². The van der Waals surface area contributed by atoms with Gasteiger partial charge in [0.2, 0.25) is 0 Å². The van der Waals surface area contributed by atoms with Crippen molar-refractivity contribution in [2.45, 2.75) is 25.7 Å². The summed E-state index contributed by atoms with van der Waals surface area (Å²) in [5.41, 5.74) is 1.30. The van der Waals surface area contributed by atoms with Crippen molar-refractivity contribution in [2.24, 2.45) is 5.41 Å². The van der Waals surface area contributed by atoms with Gasteiger partial charge in [-0.3, -0.25) is 0 Å². The lowest BCUT2D eigenvalue weighted by Gasteiger charge is -2.17. The van der Waals surface area contributed by atoms with Crippen molar-refractivity contribution in [2.75, 3.05) is 6.61 Å². The summed E-state index contributed by atoms with van der Waals surface area (Å²) in [6.45, 7) is 4.58. The molecule has 1 aliphatic carbocycles. The van der Waals surface area contributed by atoms with Crippen molar-refractivity contribution < 1.29 is 5.11 Å². The quantitative estimate of drug-likeness (QED) is 0.825. The van der Waals surface area contributed by atoms with Gasteiger partial charge in [0.15, 0.2) is 0 Å². The maximum absolute atomic E-state index is 9.48. The second-order valence-electron chi connectivity index (χ2n) is 4.67. The lowest BCUT2D eigenvalue weighted by molar-refractivity contribution is 0.231. The summed E-state index contributed by atoms with van der Waals surface area (Å²) in [5.74, 6) is 0. The van der Waals surface area contributed by atoms with E-state index in [1.807, 2.05) is 18.3 Å². The van der Waals surface area contributed by atoms with Gasteiger partial charge in [-0.2, -0.15) is 0 Å². The van der Waals surface area contributed by atoms with Gasteiger partial charge in [-0.15, -0.1) is 0 Å². The largest absolute Gasteiger partial charge is 0.395 e. The van der Waals surface area contributed by atoms with Crippen LogP contribution in [0.1, 0.15) is 25.8 Å². The summed E-state index contributed by atoms with van der Waals surface area (Å²) in [6, 6.07) is 3.98. The summed E-state index contributed by atoms with van der Waals surface area (Å²) in [6.07, 6.45) is 2.90. The second kappa shape index (κ2) is 3.04. The molecule has 2 nitrogen and oxygen atoms in total. The Morgan fingerprint density at radius 1 is 1.50 bits per heavy atom. The molecular weight excluding hydrogens is 242 g/mol. The molecule has 0 spiro atoms. The maximum atomic E-state index is 9.48. The van der Waals surface area contributed by atoms with Crippen LogP contribution in [0, 0.1) is 5.41 Å². The fourth-order valence-electron chi connectivity index (χ4n) is 2.22. The molecule has 0 bridgehead atoms. The van der Waals surface area contributed by atoms with Crippen LogP contribution < -0.4 is 0 Å². The van der Waals surface area contributed by atoms with Crippen LogP contribution in [0.3, 0.4) is 0 Å². The van der Waals surface area contributed by atoms with E-state index in [1.54, 1.807) is 0 Å². The Morgan fingerprint density at radius 3 is 2.50 bits per heavy atom. The SMILES string of the molecule is CC1(C)CC1(CO)c1ccc(Br)nc1. The van der Waals surface area contributed by atoms with Crippen molar-refractivity contribution in [3.63, 3.8) is 0 Å². The van der Waals surface area contributed by atoms with E-state index < -0.39 is 0 Å². The summed E-state index contributed by atoms with van der Waals surface area (Å²) < 4.78 is 0.841. The first-order valence-corrected chi connectivity index (χ1v) is 5.54. The first kappa shape index (κ1) is 10.1. The number of halogens is 1. The molecule has 0 radical (unpaired) electrons. The molecule has 1 N–H and O–H groups in total. The van der Waals surface area contributed by atoms with Gasteiger partial charge in [-0.05, 0) is 39.4 Å². The normalized spacial score (nSPS) is 28.9. The second-order valence-corrected chi connectivity index (χ2v) is 5.48. The topological polar surface area (TPSA) is 33.1 Å². The highest BCUT2D eigenvalue weighted by molar-refractivity contribution is 9.10. The molecular formula is C11H14BrNO. The van der Waals surface area contributed by atoms with Crippen LogP contribution >= 0.6 is 15.9 Å². The highest BCUT2D eigenvalue weighted by atomic mass is 79.9. The number of nitrogens with zero attached hydrogens (tertiary/aromatic N) is 1. The Labute approximate surface area is 92.5 Å². The number of hydrogen-bond donors (Lipinski definition) is 1. The third kappa shape index (κ3) is 1.30. The molecule has 1 aromatic heterocycles. The Balaban J connectivity index is 2.36. The van der Waals surface area contributed by atoms with Crippen molar-refractivity contribution in [1.29, 1.82) is 0 Å². The average Bonchev–Trinajstić information content (AvgIpc) is 2.71. The van der Waals surface area contributed by atoms with E-state index in [0.29, 0.717) is 0 Å². The number of aliphatic hydroxyl groups excluding tert-OH is 1. The Morgan fingerprint density at radius 2 is 2.14 bits per heavy atom. The molecule has 14 heavy (non-hydrogen) atoms. The van der Waals surface area contributed by atoms with Gasteiger partial charge in [0, 0.05) is 11.6 Å². The van der Waals surface area contributed by atoms with E-state index in [0.717, 1.165) is 16.6 Å². The molecule has 76 valence electrons. The summed E-state index contributed by atoms with van der Waals surface area (Å²) in [4.78, 5) is 4.20. The lowest BCUT2D eigenvalue weighted by Crippen LogP contribution is -2.19. The van der Waals surface area contributed by atoms with Gasteiger partial charge < -0.3 is 5.11 Å². The molecule has 1 unspecified atom stereocenters. The van der Waals surface area contributed by atoms with E-state index in [4.69, 9.17) is 0 Å². The highest BCUT2D eigenvalue weighted by Crippen LogP contribution is 2.63.